The lowest BCUT2D eigenvalue weighted by molar-refractivity contribution is 0.0954. The molecule has 2 heterocycles. The number of aryl methyl sites for hydroxylation is 1. The molecule has 1 aromatic carbocycles. The molecule has 0 aliphatic heterocycles. The van der Waals surface area contributed by atoms with E-state index in [0.29, 0.717) is 18.5 Å². The fraction of sp³-hybridized carbons (Fsp3) is 0.250. The van der Waals surface area contributed by atoms with E-state index >= 15 is 0 Å². The van der Waals surface area contributed by atoms with E-state index in [1.54, 1.807) is 17.4 Å². The number of nitrogens with zero attached hydrogens (tertiary/aromatic N) is 1. The summed E-state index contributed by atoms with van der Waals surface area (Å²) in [7, 11) is 0. The maximum absolute atomic E-state index is 13.1. The van der Waals surface area contributed by atoms with E-state index in [0.717, 1.165) is 27.3 Å². The second kappa shape index (κ2) is 5.88. The van der Waals surface area contributed by atoms with Gasteiger partial charge in [0.2, 0.25) is 0 Å². The molecule has 3 rings (SSSR count). The zero-order valence-corrected chi connectivity index (χ0v) is 13.2. The number of nitrogens with one attached hydrogen (secondary N) is 2. The number of rotatable bonds is 4. The third-order valence-corrected chi connectivity index (χ3v) is 4.68. The Morgan fingerprint density at radius 1 is 1.41 bits per heavy atom. The quantitative estimate of drug-likeness (QED) is 0.775. The van der Waals surface area contributed by atoms with Crippen molar-refractivity contribution >= 4 is 28.3 Å². The van der Waals surface area contributed by atoms with E-state index in [-0.39, 0.29) is 11.7 Å². The summed E-state index contributed by atoms with van der Waals surface area (Å²) in [4.78, 5) is 20.7. The van der Waals surface area contributed by atoms with Crippen LogP contribution in [-0.4, -0.2) is 22.4 Å². The van der Waals surface area contributed by atoms with E-state index in [9.17, 15) is 9.18 Å². The predicted molar refractivity (Wildman–Crippen MR) is 85.9 cm³/mol. The number of carbonyl (C=O) groups excluding carboxylic acids is 1. The highest BCUT2D eigenvalue weighted by molar-refractivity contribution is 7.10. The van der Waals surface area contributed by atoms with Crippen molar-refractivity contribution in [1.82, 2.24) is 15.3 Å². The van der Waals surface area contributed by atoms with Crippen LogP contribution in [0, 0.1) is 19.7 Å². The summed E-state index contributed by atoms with van der Waals surface area (Å²) >= 11 is 1.58. The maximum atomic E-state index is 13.1. The van der Waals surface area contributed by atoms with Crippen molar-refractivity contribution in [2.75, 3.05) is 6.54 Å². The van der Waals surface area contributed by atoms with E-state index in [1.165, 1.54) is 12.1 Å². The molecule has 0 fully saturated rings. The number of imidazole rings is 1. The molecule has 3 aromatic rings. The predicted octanol–water partition coefficient (Wildman–Crippen LogP) is 3.35. The Morgan fingerprint density at radius 3 is 2.95 bits per heavy atom. The lowest BCUT2D eigenvalue weighted by Gasteiger charge is -2.03. The third kappa shape index (κ3) is 2.87. The van der Waals surface area contributed by atoms with Gasteiger partial charge in [0, 0.05) is 23.2 Å². The minimum atomic E-state index is -0.292. The second-order valence-corrected chi connectivity index (χ2v) is 6.27. The molecule has 0 unspecified atom stereocenters. The van der Waals surface area contributed by atoms with Crippen LogP contribution in [0.15, 0.2) is 23.6 Å². The number of H-pyrrole nitrogens is 1. The summed E-state index contributed by atoms with van der Waals surface area (Å²) in [6.07, 6.45) is 0.574. The minimum Gasteiger partial charge on any atom is -0.352 e. The van der Waals surface area contributed by atoms with E-state index in [4.69, 9.17) is 0 Å². The second-order valence-electron chi connectivity index (χ2n) is 5.18. The molecule has 0 bridgehead atoms. The summed E-state index contributed by atoms with van der Waals surface area (Å²) in [5.41, 5.74) is 3.16. The van der Waals surface area contributed by atoms with Crippen LogP contribution in [0.4, 0.5) is 4.39 Å². The van der Waals surface area contributed by atoms with Crippen LogP contribution < -0.4 is 5.32 Å². The van der Waals surface area contributed by atoms with Gasteiger partial charge in [-0.1, -0.05) is 0 Å². The molecule has 1 amide bonds. The Balaban J connectivity index is 1.62. The van der Waals surface area contributed by atoms with Crippen LogP contribution >= 0.6 is 11.3 Å². The lowest BCUT2D eigenvalue weighted by atomic mass is 10.1. The van der Waals surface area contributed by atoms with Crippen LogP contribution in [0.3, 0.4) is 0 Å². The Kier molecular flexibility index (Phi) is 3.94. The topological polar surface area (TPSA) is 57.8 Å². The number of carbonyl (C=O) groups is 1. The van der Waals surface area contributed by atoms with Gasteiger partial charge >= 0.3 is 0 Å². The van der Waals surface area contributed by atoms with Crippen LogP contribution in [0.25, 0.3) is 11.0 Å². The van der Waals surface area contributed by atoms with Crippen molar-refractivity contribution in [3.8, 4) is 0 Å². The highest BCUT2D eigenvalue weighted by Crippen LogP contribution is 2.20. The number of halogens is 1. The number of hydrogen-bond acceptors (Lipinski definition) is 3. The van der Waals surface area contributed by atoms with E-state index in [2.05, 4.69) is 15.3 Å². The molecule has 22 heavy (non-hydrogen) atoms. The smallest absolute Gasteiger partial charge is 0.252 e. The van der Waals surface area contributed by atoms with Crippen LogP contribution in [0.2, 0.25) is 0 Å². The fourth-order valence-corrected chi connectivity index (χ4v) is 3.15. The maximum Gasteiger partial charge on any atom is 0.252 e. The highest BCUT2D eigenvalue weighted by atomic mass is 32.1. The van der Waals surface area contributed by atoms with Gasteiger partial charge in [-0.3, -0.25) is 4.79 Å². The standard InChI is InChI=1S/C16H16FN3OS/c1-9-10(2)22-8-12(9)16(21)18-6-5-15-19-13-4-3-11(17)7-14(13)20-15/h3-4,7-8H,5-6H2,1-2H3,(H,18,21)(H,19,20). The van der Waals surface area contributed by atoms with E-state index in [1.807, 2.05) is 19.2 Å². The number of aromatic nitrogens is 2. The average Bonchev–Trinajstić information content (AvgIpc) is 3.02. The zero-order valence-electron chi connectivity index (χ0n) is 12.4. The molecule has 0 saturated carbocycles. The van der Waals surface area contributed by atoms with Crippen LogP contribution in [0.5, 0.6) is 0 Å². The van der Waals surface area contributed by atoms with Gasteiger partial charge in [0.15, 0.2) is 0 Å². The number of thiophene rings is 1. The number of aromatic amines is 1. The van der Waals surface area contributed by atoms with Crippen LogP contribution in [0.1, 0.15) is 26.6 Å². The van der Waals surface area contributed by atoms with Gasteiger partial charge in [-0.15, -0.1) is 11.3 Å². The average molecular weight is 317 g/mol. The lowest BCUT2D eigenvalue weighted by Crippen LogP contribution is -2.26. The first kappa shape index (κ1) is 14.7. The first-order chi connectivity index (χ1) is 10.5. The van der Waals surface area contributed by atoms with Gasteiger partial charge in [0.1, 0.15) is 11.6 Å². The molecule has 0 aliphatic carbocycles. The van der Waals surface area contributed by atoms with Gasteiger partial charge in [-0.05, 0) is 37.6 Å². The molecule has 0 saturated heterocycles. The van der Waals surface area contributed by atoms with Gasteiger partial charge in [0.05, 0.1) is 16.6 Å². The Bertz CT molecular complexity index is 837. The van der Waals surface area contributed by atoms with Crippen molar-refractivity contribution in [3.63, 3.8) is 0 Å². The van der Waals surface area contributed by atoms with Crippen molar-refractivity contribution in [3.05, 3.63) is 51.2 Å². The Hall–Kier alpha value is -2.21. The van der Waals surface area contributed by atoms with Gasteiger partial charge < -0.3 is 10.3 Å². The SMILES string of the molecule is Cc1scc(C(=O)NCCc2nc3ccc(F)cc3[nH]2)c1C. The summed E-state index contributed by atoms with van der Waals surface area (Å²) < 4.78 is 13.1. The van der Waals surface area contributed by atoms with Crippen molar-refractivity contribution in [2.45, 2.75) is 20.3 Å². The largest absolute Gasteiger partial charge is 0.352 e. The summed E-state index contributed by atoms with van der Waals surface area (Å²) in [6.45, 7) is 4.44. The third-order valence-electron chi connectivity index (χ3n) is 3.67. The molecule has 2 aromatic heterocycles. The molecule has 0 radical (unpaired) electrons. The molecule has 114 valence electrons. The molecule has 0 aliphatic rings. The number of fused-ring (bicyclic) bond motifs is 1. The number of benzene rings is 1. The number of hydrogen-bond donors (Lipinski definition) is 2. The highest BCUT2D eigenvalue weighted by Gasteiger charge is 2.12. The first-order valence-corrected chi connectivity index (χ1v) is 7.89. The van der Waals surface area contributed by atoms with Crippen molar-refractivity contribution in [1.29, 1.82) is 0 Å². The normalized spacial score (nSPS) is 11.0. The summed E-state index contributed by atoms with van der Waals surface area (Å²) in [5.74, 6) is 0.377. The van der Waals surface area contributed by atoms with Crippen LogP contribution in [-0.2, 0) is 6.42 Å². The fourth-order valence-electron chi connectivity index (χ4n) is 2.28. The summed E-state index contributed by atoms with van der Waals surface area (Å²) in [5, 5.41) is 4.77. The van der Waals surface area contributed by atoms with Gasteiger partial charge in [0.25, 0.3) is 5.91 Å². The Morgan fingerprint density at radius 2 is 2.23 bits per heavy atom. The van der Waals surface area contributed by atoms with Crippen molar-refractivity contribution < 1.29 is 9.18 Å². The van der Waals surface area contributed by atoms with Gasteiger partial charge in [-0.25, -0.2) is 9.37 Å². The molecule has 6 heteroatoms. The van der Waals surface area contributed by atoms with Crippen molar-refractivity contribution in [2.24, 2.45) is 0 Å². The molecular weight excluding hydrogens is 301 g/mol. The monoisotopic (exact) mass is 317 g/mol. The number of amides is 1. The van der Waals surface area contributed by atoms with E-state index < -0.39 is 0 Å². The zero-order chi connectivity index (χ0) is 15.7. The Labute approximate surface area is 131 Å². The molecule has 2 N–H and O–H groups in total. The molecule has 0 atom stereocenters. The molecule has 4 nitrogen and oxygen atoms in total. The molecule has 0 spiro atoms. The molecular formula is C16H16FN3OS. The van der Waals surface area contributed by atoms with Gasteiger partial charge in [-0.2, -0.15) is 0 Å². The first-order valence-electron chi connectivity index (χ1n) is 7.01. The summed E-state index contributed by atoms with van der Waals surface area (Å²) in [6, 6.07) is 4.44. The minimum absolute atomic E-state index is 0.0657.